The predicted molar refractivity (Wildman–Crippen MR) is 94.6 cm³/mol. The molecule has 0 unspecified atom stereocenters. The van der Waals surface area contributed by atoms with Crippen LogP contribution in [0.1, 0.15) is 32.1 Å². The third-order valence-electron chi connectivity index (χ3n) is 5.42. The molecule has 2 aliphatic rings. The van der Waals surface area contributed by atoms with Gasteiger partial charge in [-0.2, -0.15) is 0 Å². The second-order valence-corrected chi connectivity index (χ2v) is 7.11. The standard InChI is InChI=1S/C19H26FN3O2/c1-22(19(25)14-5-4-6-14)15-9-11-23(12-10-15)13-18(24)21-17-8-3-2-7-16(17)20/h2-3,7-8,14-15H,4-6,9-13H2,1H3,(H,21,24). The Morgan fingerprint density at radius 2 is 1.88 bits per heavy atom. The number of piperidine rings is 1. The van der Waals surface area contributed by atoms with Crippen molar-refractivity contribution in [2.24, 2.45) is 5.92 Å². The zero-order valence-corrected chi connectivity index (χ0v) is 14.7. The van der Waals surface area contributed by atoms with Gasteiger partial charge in [-0.15, -0.1) is 0 Å². The van der Waals surface area contributed by atoms with Crippen LogP contribution in [0.4, 0.5) is 10.1 Å². The molecule has 1 aliphatic carbocycles. The topological polar surface area (TPSA) is 52.7 Å². The Hall–Kier alpha value is -1.95. The van der Waals surface area contributed by atoms with Gasteiger partial charge in [-0.05, 0) is 37.8 Å². The summed E-state index contributed by atoms with van der Waals surface area (Å²) in [5, 5.41) is 2.62. The lowest BCUT2D eigenvalue weighted by Gasteiger charge is -2.39. The molecule has 0 aromatic heterocycles. The van der Waals surface area contributed by atoms with Gasteiger partial charge in [-0.3, -0.25) is 14.5 Å². The Balaban J connectivity index is 1.43. The van der Waals surface area contributed by atoms with Crippen molar-refractivity contribution in [3.63, 3.8) is 0 Å². The van der Waals surface area contributed by atoms with Crippen molar-refractivity contribution in [1.82, 2.24) is 9.80 Å². The summed E-state index contributed by atoms with van der Waals surface area (Å²) < 4.78 is 13.6. The van der Waals surface area contributed by atoms with Crippen LogP contribution in [-0.2, 0) is 9.59 Å². The zero-order chi connectivity index (χ0) is 17.8. The molecular weight excluding hydrogens is 321 g/mol. The number of hydrogen-bond donors (Lipinski definition) is 1. The minimum absolute atomic E-state index is 0.206. The summed E-state index contributed by atoms with van der Waals surface area (Å²) in [4.78, 5) is 28.4. The normalized spacial score (nSPS) is 19.3. The molecule has 1 saturated carbocycles. The third-order valence-corrected chi connectivity index (χ3v) is 5.42. The van der Waals surface area contributed by atoms with Gasteiger partial charge in [0, 0.05) is 32.1 Å². The van der Waals surface area contributed by atoms with Gasteiger partial charge in [0.25, 0.3) is 0 Å². The predicted octanol–water partition coefficient (Wildman–Crippen LogP) is 2.49. The number of anilines is 1. The van der Waals surface area contributed by atoms with E-state index >= 15 is 0 Å². The number of para-hydroxylation sites is 1. The van der Waals surface area contributed by atoms with Gasteiger partial charge in [-0.1, -0.05) is 18.6 Å². The molecule has 0 spiro atoms. The van der Waals surface area contributed by atoms with E-state index in [2.05, 4.69) is 10.2 Å². The van der Waals surface area contributed by atoms with E-state index in [1.165, 1.54) is 12.5 Å². The van der Waals surface area contributed by atoms with Gasteiger partial charge in [-0.25, -0.2) is 4.39 Å². The maximum atomic E-state index is 13.6. The Labute approximate surface area is 148 Å². The minimum atomic E-state index is -0.425. The number of carbonyl (C=O) groups is 2. The molecule has 5 nitrogen and oxygen atoms in total. The highest BCUT2D eigenvalue weighted by molar-refractivity contribution is 5.92. The van der Waals surface area contributed by atoms with Crippen molar-refractivity contribution in [1.29, 1.82) is 0 Å². The molecule has 1 aliphatic heterocycles. The quantitative estimate of drug-likeness (QED) is 0.890. The fraction of sp³-hybridized carbons (Fsp3) is 0.579. The average molecular weight is 347 g/mol. The van der Waals surface area contributed by atoms with E-state index in [4.69, 9.17) is 0 Å². The molecule has 1 aromatic rings. The molecule has 1 heterocycles. The fourth-order valence-corrected chi connectivity index (χ4v) is 3.54. The van der Waals surface area contributed by atoms with Gasteiger partial charge in [0.15, 0.2) is 0 Å². The van der Waals surface area contributed by atoms with Crippen molar-refractivity contribution in [3.05, 3.63) is 30.1 Å². The molecule has 1 N–H and O–H groups in total. The van der Waals surface area contributed by atoms with Gasteiger partial charge >= 0.3 is 0 Å². The van der Waals surface area contributed by atoms with Crippen molar-refractivity contribution in [2.45, 2.75) is 38.1 Å². The zero-order valence-electron chi connectivity index (χ0n) is 14.7. The van der Waals surface area contributed by atoms with Gasteiger partial charge in [0.1, 0.15) is 5.82 Å². The Morgan fingerprint density at radius 3 is 2.48 bits per heavy atom. The summed E-state index contributed by atoms with van der Waals surface area (Å²) in [5.41, 5.74) is 0.216. The Bertz CT molecular complexity index is 625. The lowest BCUT2D eigenvalue weighted by Crippen LogP contribution is -2.49. The van der Waals surface area contributed by atoms with Crippen LogP contribution < -0.4 is 5.32 Å². The maximum absolute atomic E-state index is 13.6. The molecule has 0 atom stereocenters. The number of likely N-dealkylation sites (tertiary alicyclic amines) is 1. The molecule has 0 radical (unpaired) electrons. The number of hydrogen-bond acceptors (Lipinski definition) is 3. The number of nitrogens with zero attached hydrogens (tertiary/aromatic N) is 2. The highest BCUT2D eigenvalue weighted by Gasteiger charge is 2.32. The summed E-state index contributed by atoms with van der Waals surface area (Å²) in [6.45, 7) is 1.80. The van der Waals surface area contributed by atoms with Crippen LogP contribution in [0.15, 0.2) is 24.3 Å². The van der Waals surface area contributed by atoms with Crippen LogP contribution in [-0.4, -0.2) is 54.3 Å². The van der Waals surface area contributed by atoms with Crippen LogP contribution in [0, 0.1) is 11.7 Å². The molecule has 2 fully saturated rings. The second-order valence-electron chi connectivity index (χ2n) is 7.11. The second kappa shape index (κ2) is 7.95. The monoisotopic (exact) mass is 347 g/mol. The molecule has 6 heteroatoms. The number of amides is 2. The number of halogens is 1. The van der Waals surface area contributed by atoms with E-state index in [0.29, 0.717) is 0 Å². The fourth-order valence-electron chi connectivity index (χ4n) is 3.54. The molecule has 1 aromatic carbocycles. The van der Waals surface area contributed by atoms with Crippen LogP contribution in [0.2, 0.25) is 0 Å². The minimum Gasteiger partial charge on any atom is -0.342 e. The molecule has 3 rings (SSSR count). The van der Waals surface area contributed by atoms with Gasteiger partial charge < -0.3 is 10.2 Å². The van der Waals surface area contributed by atoms with E-state index in [1.54, 1.807) is 18.2 Å². The van der Waals surface area contributed by atoms with Crippen LogP contribution >= 0.6 is 0 Å². The number of carbonyl (C=O) groups excluding carboxylic acids is 2. The van der Waals surface area contributed by atoms with Crippen LogP contribution in [0.3, 0.4) is 0 Å². The first-order valence-electron chi connectivity index (χ1n) is 9.08. The summed E-state index contributed by atoms with van der Waals surface area (Å²) in [5.74, 6) is -0.121. The van der Waals surface area contributed by atoms with E-state index < -0.39 is 5.82 Å². The van der Waals surface area contributed by atoms with Crippen molar-refractivity contribution >= 4 is 17.5 Å². The van der Waals surface area contributed by atoms with Crippen LogP contribution in [0.5, 0.6) is 0 Å². The van der Waals surface area contributed by atoms with Crippen LogP contribution in [0.25, 0.3) is 0 Å². The van der Waals surface area contributed by atoms with Gasteiger partial charge in [0.05, 0.1) is 12.2 Å². The van der Waals surface area contributed by atoms with E-state index in [9.17, 15) is 14.0 Å². The highest BCUT2D eigenvalue weighted by Crippen LogP contribution is 2.29. The first kappa shape index (κ1) is 17.9. The van der Waals surface area contributed by atoms with Crippen molar-refractivity contribution < 1.29 is 14.0 Å². The van der Waals surface area contributed by atoms with Crippen molar-refractivity contribution in [3.8, 4) is 0 Å². The smallest absolute Gasteiger partial charge is 0.238 e. The summed E-state index contributed by atoms with van der Waals surface area (Å²) >= 11 is 0. The lowest BCUT2D eigenvalue weighted by atomic mass is 9.84. The molecule has 2 amide bonds. The van der Waals surface area contributed by atoms with Gasteiger partial charge in [0.2, 0.25) is 11.8 Å². The Kier molecular flexibility index (Phi) is 5.68. The number of nitrogens with one attached hydrogen (secondary N) is 1. The SMILES string of the molecule is CN(C(=O)C1CCC1)C1CCN(CC(=O)Nc2ccccc2F)CC1. The molecule has 136 valence electrons. The molecule has 0 bridgehead atoms. The average Bonchev–Trinajstić information content (AvgIpc) is 2.55. The Morgan fingerprint density at radius 1 is 1.20 bits per heavy atom. The molecular formula is C19H26FN3O2. The summed E-state index contributed by atoms with van der Waals surface area (Å²) in [7, 11) is 1.91. The molecule has 25 heavy (non-hydrogen) atoms. The largest absolute Gasteiger partial charge is 0.342 e. The van der Waals surface area contributed by atoms with E-state index in [1.807, 2.05) is 11.9 Å². The first-order chi connectivity index (χ1) is 12.0. The highest BCUT2D eigenvalue weighted by atomic mass is 19.1. The number of rotatable bonds is 5. The van der Waals surface area contributed by atoms with Crippen molar-refractivity contribution in [2.75, 3.05) is 32.0 Å². The first-order valence-corrected chi connectivity index (χ1v) is 9.08. The van der Waals surface area contributed by atoms with E-state index in [0.717, 1.165) is 38.8 Å². The lowest BCUT2D eigenvalue weighted by molar-refractivity contribution is -0.140. The summed E-state index contributed by atoms with van der Waals surface area (Å²) in [6, 6.07) is 6.44. The molecule has 1 saturated heterocycles. The third kappa shape index (κ3) is 4.37. The number of benzene rings is 1. The van der Waals surface area contributed by atoms with E-state index in [-0.39, 0.29) is 36.0 Å². The maximum Gasteiger partial charge on any atom is 0.238 e. The summed E-state index contributed by atoms with van der Waals surface area (Å²) in [6.07, 6.45) is 4.97.